The molecule has 1 aromatic carbocycles. The predicted octanol–water partition coefficient (Wildman–Crippen LogP) is 0.908. The zero-order valence-electron chi connectivity index (χ0n) is 12.1. The summed E-state index contributed by atoms with van der Waals surface area (Å²) in [4.78, 5) is 20.9. The smallest absolute Gasteiger partial charge is 0.269 e. The number of carbonyl (C=O) groups excluding carboxylic acids is 1. The van der Waals surface area contributed by atoms with Crippen LogP contribution in [0.4, 0.5) is 5.69 Å². The molecule has 120 valence electrons. The molecule has 0 spiro atoms. The summed E-state index contributed by atoms with van der Waals surface area (Å²) in [7, 11) is -2.30. The summed E-state index contributed by atoms with van der Waals surface area (Å²) in [6, 6.07) is 4.68. The first-order chi connectivity index (χ1) is 10.3. The fourth-order valence-corrected chi connectivity index (χ4v) is 2.83. The van der Waals surface area contributed by atoms with Crippen molar-refractivity contribution in [2.45, 2.75) is 11.3 Å². The molecule has 0 saturated carbocycles. The number of nitro benzene ring substituents is 1. The summed E-state index contributed by atoms with van der Waals surface area (Å²) in [5.41, 5.74) is -0.172. The number of hydrogen-bond donors (Lipinski definition) is 1. The van der Waals surface area contributed by atoms with Gasteiger partial charge in [0.1, 0.15) is 0 Å². The Hall–Kier alpha value is -2.26. The maximum Gasteiger partial charge on any atom is 0.269 e. The van der Waals surface area contributed by atoms with Gasteiger partial charge in [-0.2, -0.15) is 0 Å². The van der Waals surface area contributed by atoms with Crippen LogP contribution in [0, 0.1) is 10.1 Å². The minimum Gasteiger partial charge on any atom is -0.353 e. The number of amides is 1. The lowest BCUT2D eigenvalue weighted by atomic mass is 10.3. The molecule has 0 aliphatic heterocycles. The van der Waals surface area contributed by atoms with Crippen molar-refractivity contribution in [2.24, 2.45) is 0 Å². The predicted molar refractivity (Wildman–Crippen MR) is 80.7 cm³/mol. The Morgan fingerprint density at radius 2 is 2.00 bits per heavy atom. The van der Waals surface area contributed by atoms with E-state index in [1.807, 2.05) is 0 Å². The molecule has 8 nitrogen and oxygen atoms in total. The molecule has 0 unspecified atom stereocenters. The van der Waals surface area contributed by atoms with E-state index in [9.17, 15) is 23.3 Å². The van der Waals surface area contributed by atoms with Crippen molar-refractivity contribution in [2.75, 3.05) is 20.1 Å². The number of carbonyl (C=O) groups is 1. The molecule has 0 saturated heterocycles. The second kappa shape index (κ2) is 7.66. The number of benzene rings is 1. The van der Waals surface area contributed by atoms with Crippen molar-refractivity contribution in [3.63, 3.8) is 0 Å². The van der Waals surface area contributed by atoms with Gasteiger partial charge in [-0.3, -0.25) is 14.9 Å². The lowest BCUT2D eigenvalue weighted by Crippen LogP contribution is -2.31. The minimum atomic E-state index is -3.71. The van der Waals surface area contributed by atoms with E-state index in [1.54, 1.807) is 0 Å². The highest BCUT2D eigenvalue weighted by Gasteiger charge is 2.21. The molecule has 0 heterocycles. The van der Waals surface area contributed by atoms with Gasteiger partial charge in [-0.25, -0.2) is 12.7 Å². The molecule has 22 heavy (non-hydrogen) atoms. The van der Waals surface area contributed by atoms with E-state index in [4.69, 9.17) is 0 Å². The van der Waals surface area contributed by atoms with Gasteiger partial charge in [-0.05, 0) is 24.6 Å². The SMILES string of the molecule is C=CC(=O)NCCCN(C)S(=O)(=O)c1ccc([N+](=O)[O-])cc1. The van der Waals surface area contributed by atoms with Crippen LogP contribution in [0.25, 0.3) is 0 Å². The lowest BCUT2D eigenvalue weighted by molar-refractivity contribution is -0.384. The van der Waals surface area contributed by atoms with Crippen LogP contribution in [0.15, 0.2) is 41.8 Å². The highest BCUT2D eigenvalue weighted by atomic mass is 32.2. The molecule has 1 N–H and O–H groups in total. The standard InChI is InChI=1S/C13H17N3O5S/c1-3-13(17)14-9-4-10-15(2)22(20,21)12-7-5-11(6-8-12)16(18)19/h3,5-8H,1,4,9-10H2,2H3,(H,14,17). The summed E-state index contributed by atoms with van der Waals surface area (Å²) in [5, 5.41) is 13.1. The van der Waals surface area contributed by atoms with E-state index in [0.29, 0.717) is 13.0 Å². The van der Waals surface area contributed by atoms with Crippen molar-refractivity contribution >= 4 is 21.6 Å². The fraction of sp³-hybridized carbons (Fsp3) is 0.308. The summed E-state index contributed by atoms with van der Waals surface area (Å²) < 4.78 is 25.6. The molecule has 0 fully saturated rings. The molecule has 1 aromatic rings. The van der Waals surface area contributed by atoms with Crippen LogP contribution in [0.3, 0.4) is 0 Å². The van der Waals surface area contributed by atoms with Gasteiger partial charge in [0.05, 0.1) is 9.82 Å². The minimum absolute atomic E-state index is 0.0178. The molecule has 0 aliphatic rings. The molecule has 0 atom stereocenters. The molecule has 0 aromatic heterocycles. The number of hydrogen-bond acceptors (Lipinski definition) is 5. The van der Waals surface area contributed by atoms with Crippen molar-refractivity contribution < 1.29 is 18.1 Å². The van der Waals surface area contributed by atoms with Gasteiger partial charge in [0, 0.05) is 32.3 Å². The average Bonchev–Trinajstić information content (AvgIpc) is 2.50. The number of nitrogens with one attached hydrogen (secondary N) is 1. The van der Waals surface area contributed by atoms with Gasteiger partial charge in [0.2, 0.25) is 15.9 Å². The second-order valence-electron chi connectivity index (χ2n) is 4.43. The van der Waals surface area contributed by atoms with Gasteiger partial charge in [0.15, 0.2) is 0 Å². The van der Waals surface area contributed by atoms with Crippen LogP contribution in [0.1, 0.15) is 6.42 Å². The highest BCUT2D eigenvalue weighted by Crippen LogP contribution is 2.18. The maximum atomic E-state index is 12.3. The van der Waals surface area contributed by atoms with Gasteiger partial charge in [-0.15, -0.1) is 0 Å². The molecule has 9 heteroatoms. The summed E-state index contributed by atoms with van der Waals surface area (Å²) in [6.07, 6.45) is 1.57. The first-order valence-corrected chi connectivity index (χ1v) is 7.84. The monoisotopic (exact) mass is 327 g/mol. The Morgan fingerprint density at radius 3 is 2.50 bits per heavy atom. The van der Waals surface area contributed by atoms with Gasteiger partial charge < -0.3 is 5.32 Å². The zero-order valence-corrected chi connectivity index (χ0v) is 12.9. The molecular weight excluding hydrogens is 310 g/mol. The molecule has 0 radical (unpaired) electrons. The molecule has 1 amide bonds. The van der Waals surface area contributed by atoms with E-state index < -0.39 is 14.9 Å². The van der Waals surface area contributed by atoms with E-state index in [1.165, 1.54) is 19.2 Å². The Kier molecular flexibility index (Phi) is 6.20. The molecule has 0 bridgehead atoms. The fourth-order valence-electron chi connectivity index (χ4n) is 1.63. The summed E-state index contributed by atoms with van der Waals surface area (Å²) in [5.74, 6) is -0.319. The first-order valence-electron chi connectivity index (χ1n) is 6.40. The Bertz CT molecular complexity index is 655. The van der Waals surface area contributed by atoms with Crippen molar-refractivity contribution in [1.82, 2.24) is 9.62 Å². The Labute approximate surface area is 128 Å². The highest BCUT2D eigenvalue weighted by molar-refractivity contribution is 7.89. The number of nitrogens with zero attached hydrogens (tertiary/aromatic N) is 2. The van der Waals surface area contributed by atoms with Crippen LogP contribution in [0.2, 0.25) is 0 Å². The van der Waals surface area contributed by atoms with Crippen LogP contribution in [-0.2, 0) is 14.8 Å². The third-order valence-corrected chi connectivity index (χ3v) is 4.76. The topological polar surface area (TPSA) is 110 Å². The van der Waals surface area contributed by atoms with Gasteiger partial charge in [-0.1, -0.05) is 6.58 Å². The quantitative estimate of drug-likeness (QED) is 0.330. The van der Waals surface area contributed by atoms with E-state index in [0.717, 1.165) is 22.5 Å². The Balaban J connectivity index is 2.66. The molecule has 0 aliphatic carbocycles. The average molecular weight is 327 g/mol. The first kappa shape index (κ1) is 17.8. The lowest BCUT2D eigenvalue weighted by Gasteiger charge is -2.17. The summed E-state index contributed by atoms with van der Waals surface area (Å²) in [6.45, 7) is 3.84. The van der Waals surface area contributed by atoms with Crippen LogP contribution >= 0.6 is 0 Å². The largest absolute Gasteiger partial charge is 0.353 e. The number of nitro groups is 1. The third-order valence-electron chi connectivity index (χ3n) is 2.89. The van der Waals surface area contributed by atoms with Crippen molar-refractivity contribution in [3.8, 4) is 0 Å². The van der Waals surface area contributed by atoms with Crippen LogP contribution in [0.5, 0.6) is 0 Å². The van der Waals surface area contributed by atoms with Gasteiger partial charge in [0.25, 0.3) is 5.69 Å². The summed E-state index contributed by atoms with van der Waals surface area (Å²) >= 11 is 0. The normalized spacial score (nSPS) is 11.2. The van der Waals surface area contributed by atoms with Crippen molar-refractivity contribution in [1.29, 1.82) is 0 Å². The molecule has 1 rings (SSSR count). The van der Waals surface area contributed by atoms with Crippen LogP contribution < -0.4 is 5.32 Å². The third kappa shape index (κ3) is 4.64. The van der Waals surface area contributed by atoms with E-state index in [-0.39, 0.29) is 23.0 Å². The number of sulfonamides is 1. The number of rotatable bonds is 8. The van der Waals surface area contributed by atoms with Crippen LogP contribution in [-0.4, -0.2) is 43.7 Å². The van der Waals surface area contributed by atoms with Gasteiger partial charge >= 0.3 is 0 Å². The zero-order chi connectivity index (χ0) is 16.8. The molecular formula is C13H17N3O5S. The maximum absolute atomic E-state index is 12.3. The Morgan fingerprint density at radius 1 is 1.41 bits per heavy atom. The van der Waals surface area contributed by atoms with E-state index in [2.05, 4.69) is 11.9 Å². The number of non-ortho nitro benzene ring substituents is 1. The van der Waals surface area contributed by atoms with Crippen molar-refractivity contribution in [3.05, 3.63) is 47.0 Å². The van der Waals surface area contributed by atoms with E-state index >= 15 is 0 Å². The second-order valence-corrected chi connectivity index (χ2v) is 6.47.